The average molecular weight is 414 g/mol. The molecule has 0 radical (unpaired) electrons. The van der Waals surface area contributed by atoms with Gasteiger partial charge in [-0.25, -0.2) is 4.72 Å². The third-order valence-electron chi connectivity index (χ3n) is 4.98. The summed E-state index contributed by atoms with van der Waals surface area (Å²) in [5, 5.41) is 12.4. The predicted molar refractivity (Wildman–Crippen MR) is 123 cm³/mol. The van der Waals surface area contributed by atoms with Crippen molar-refractivity contribution >= 4 is 23.3 Å². The van der Waals surface area contributed by atoms with E-state index < -0.39 is 0 Å². The van der Waals surface area contributed by atoms with Crippen LogP contribution >= 0.6 is 11.9 Å². The predicted octanol–water partition coefficient (Wildman–Crippen LogP) is 4.43. The molecule has 0 aromatic heterocycles. The Morgan fingerprint density at radius 2 is 1.86 bits per heavy atom. The third-order valence-corrected chi connectivity index (χ3v) is 5.80. The summed E-state index contributed by atoms with van der Waals surface area (Å²) in [6.45, 7) is 7.45. The maximum Gasteiger partial charge on any atom is 0.183 e. The first kappa shape index (κ1) is 21.8. The fourth-order valence-corrected chi connectivity index (χ4v) is 3.93. The van der Waals surface area contributed by atoms with E-state index in [0.717, 1.165) is 35.4 Å². The van der Waals surface area contributed by atoms with Gasteiger partial charge in [-0.15, -0.1) is 0 Å². The molecular formula is C22H33N6S+. The molecule has 1 heterocycles. The van der Waals surface area contributed by atoms with Gasteiger partial charge in [-0.1, -0.05) is 30.3 Å². The van der Waals surface area contributed by atoms with Crippen molar-refractivity contribution in [1.29, 1.82) is 0 Å². The zero-order chi connectivity index (χ0) is 20.9. The van der Waals surface area contributed by atoms with Crippen LogP contribution < -0.4 is 14.9 Å². The number of hydrogen-bond acceptors (Lipinski definition) is 6. The summed E-state index contributed by atoms with van der Waals surface area (Å²) in [6, 6.07) is 16.8. The minimum atomic E-state index is -0.101. The van der Waals surface area contributed by atoms with Crippen LogP contribution in [0, 0.1) is 6.92 Å². The number of anilines is 1. The minimum Gasteiger partial charge on any atom is -0.366 e. The highest BCUT2D eigenvalue weighted by molar-refractivity contribution is 7.98. The SMILES string of the molecule is CCN(CC[N+](C)(C)C)c1ccc(N=NC2NC(c3ccccc3)NS2)c(C)c1. The van der Waals surface area contributed by atoms with Gasteiger partial charge in [-0.3, -0.25) is 5.32 Å². The molecule has 2 aromatic carbocycles. The van der Waals surface area contributed by atoms with Gasteiger partial charge in [0, 0.05) is 12.2 Å². The summed E-state index contributed by atoms with van der Waals surface area (Å²) >= 11 is 1.56. The molecule has 0 amide bonds. The molecule has 1 saturated heterocycles. The second-order valence-corrected chi connectivity index (χ2v) is 9.30. The lowest BCUT2D eigenvalue weighted by atomic mass is 10.1. The van der Waals surface area contributed by atoms with Gasteiger partial charge in [0.05, 0.1) is 46.1 Å². The summed E-state index contributed by atoms with van der Waals surface area (Å²) in [4.78, 5) is 2.42. The van der Waals surface area contributed by atoms with Crippen molar-refractivity contribution in [2.45, 2.75) is 25.5 Å². The number of rotatable bonds is 8. The molecule has 6 nitrogen and oxygen atoms in total. The van der Waals surface area contributed by atoms with Gasteiger partial charge in [0.15, 0.2) is 5.50 Å². The monoisotopic (exact) mass is 413 g/mol. The van der Waals surface area contributed by atoms with Crippen molar-refractivity contribution in [2.24, 2.45) is 10.2 Å². The molecule has 1 fully saturated rings. The second kappa shape index (κ2) is 9.71. The van der Waals surface area contributed by atoms with Gasteiger partial charge in [-0.2, -0.15) is 10.2 Å². The standard InChI is InChI=1S/C22H33N6S/c1-6-27(14-15-28(3,4)5)19-12-13-20(17(2)16-19)24-25-22-23-21(26-29-22)18-10-8-7-9-11-18/h7-13,16,21-23,26H,6,14-15H2,1-5H3/q+1. The van der Waals surface area contributed by atoms with Crippen LogP contribution in [0.15, 0.2) is 58.8 Å². The lowest BCUT2D eigenvalue weighted by Gasteiger charge is -2.29. The van der Waals surface area contributed by atoms with E-state index in [2.05, 4.69) is 90.5 Å². The molecule has 1 aliphatic rings. The summed E-state index contributed by atoms with van der Waals surface area (Å²) in [5.74, 6) is 0. The Hall–Kier alpha value is -1.93. The van der Waals surface area contributed by atoms with Gasteiger partial charge in [0.1, 0.15) is 0 Å². The van der Waals surface area contributed by atoms with Crippen LogP contribution in [0.1, 0.15) is 24.2 Å². The van der Waals surface area contributed by atoms with E-state index in [1.807, 2.05) is 18.2 Å². The third kappa shape index (κ3) is 6.27. The molecule has 7 heteroatoms. The van der Waals surface area contributed by atoms with Gasteiger partial charge >= 0.3 is 0 Å². The van der Waals surface area contributed by atoms with Crippen LogP contribution in [0.3, 0.4) is 0 Å². The zero-order valence-corrected chi connectivity index (χ0v) is 18.9. The van der Waals surface area contributed by atoms with Crippen molar-refractivity contribution in [3.05, 3.63) is 59.7 Å². The van der Waals surface area contributed by atoms with Crippen LogP contribution in [-0.4, -0.2) is 50.8 Å². The second-order valence-electron chi connectivity index (χ2n) is 8.38. The van der Waals surface area contributed by atoms with Crippen LogP contribution in [-0.2, 0) is 0 Å². The molecule has 0 spiro atoms. The van der Waals surface area contributed by atoms with Crippen LogP contribution in [0.5, 0.6) is 0 Å². The summed E-state index contributed by atoms with van der Waals surface area (Å²) in [6.07, 6.45) is 0.0907. The van der Waals surface area contributed by atoms with Crippen LogP contribution in [0.25, 0.3) is 0 Å². The topological polar surface area (TPSA) is 52.0 Å². The number of quaternary nitrogens is 1. The first-order chi connectivity index (χ1) is 13.9. The summed E-state index contributed by atoms with van der Waals surface area (Å²) < 4.78 is 4.34. The van der Waals surface area contributed by atoms with E-state index in [4.69, 9.17) is 0 Å². The van der Waals surface area contributed by atoms with Crippen molar-refractivity contribution in [3.63, 3.8) is 0 Å². The van der Waals surface area contributed by atoms with Gasteiger partial charge < -0.3 is 9.38 Å². The summed E-state index contributed by atoms with van der Waals surface area (Å²) in [5.41, 5.74) is 4.41. The Kier molecular flexibility index (Phi) is 7.29. The number of benzene rings is 2. The Morgan fingerprint density at radius 3 is 2.52 bits per heavy atom. The highest BCUT2D eigenvalue weighted by atomic mass is 32.2. The Labute approximate surface area is 179 Å². The van der Waals surface area contributed by atoms with Crippen molar-refractivity contribution in [2.75, 3.05) is 45.7 Å². The van der Waals surface area contributed by atoms with Crippen molar-refractivity contribution in [3.8, 4) is 0 Å². The molecule has 2 atom stereocenters. The molecule has 29 heavy (non-hydrogen) atoms. The number of nitrogens with one attached hydrogen (secondary N) is 2. The van der Waals surface area contributed by atoms with E-state index >= 15 is 0 Å². The van der Waals surface area contributed by atoms with E-state index in [0.29, 0.717) is 0 Å². The van der Waals surface area contributed by atoms with E-state index in [-0.39, 0.29) is 11.7 Å². The lowest BCUT2D eigenvalue weighted by molar-refractivity contribution is -0.868. The number of nitrogens with zero attached hydrogens (tertiary/aromatic N) is 4. The van der Waals surface area contributed by atoms with E-state index in [1.165, 1.54) is 11.3 Å². The smallest absolute Gasteiger partial charge is 0.183 e. The molecule has 2 unspecified atom stereocenters. The fraction of sp³-hybridized carbons (Fsp3) is 0.455. The largest absolute Gasteiger partial charge is 0.366 e. The highest BCUT2D eigenvalue weighted by Gasteiger charge is 2.24. The Balaban J connectivity index is 1.61. The maximum absolute atomic E-state index is 4.51. The molecule has 1 aliphatic heterocycles. The number of hydrogen-bond donors (Lipinski definition) is 2. The van der Waals surface area contributed by atoms with E-state index in [9.17, 15) is 0 Å². The minimum absolute atomic E-state index is 0.0907. The van der Waals surface area contributed by atoms with Gasteiger partial charge in [0.25, 0.3) is 0 Å². The first-order valence-corrected chi connectivity index (χ1v) is 11.0. The molecule has 0 saturated carbocycles. The van der Waals surface area contributed by atoms with Gasteiger partial charge in [0.2, 0.25) is 0 Å². The fourth-order valence-electron chi connectivity index (χ4n) is 3.16. The van der Waals surface area contributed by atoms with E-state index in [1.54, 1.807) is 11.9 Å². The van der Waals surface area contributed by atoms with Gasteiger partial charge in [-0.05, 0) is 55.1 Å². The molecule has 2 aromatic rings. The molecule has 3 rings (SSSR count). The first-order valence-electron chi connectivity index (χ1n) is 10.1. The summed E-state index contributed by atoms with van der Waals surface area (Å²) in [7, 11) is 6.69. The molecular weight excluding hydrogens is 380 g/mol. The normalized spacial score (nSPS) is 19.8. The highest BCUT2D eigenvalue weighted by Crippen LogP contribution is 2.28. The van der Waals surface area contributed by atoms with Crippen LogP contribution in [0.2, 0.25) is 0 Å². The lowest BCUT2D eigenvalue weighted by Crippen LogP contribution is -2.42. The molecule has 0 bridgehead atoms. The molecule has 0 aliphatic carbocycles. The van der Waals surface area contributed by atoms with Crippen molar-refractivity contribution in [1.82, 2.24) is 10.0 Å². The Bertz CT molecular complexity index is 818. The zero-order valence-electron chi connectivity index (χ0n) is 18.1. The number of likely N-dealkylation sites (N-methyl/N-ethyl adjacent to an activating group) is 2. The van der Waals surface area contributed by atoms with Crippen LogP contribution in [0.4, 0.5) is 11.4 Å². The number of aryl methyl sites for hydroxylation is 1. The van der Waals surface area contributed by atoms with Crippen molar-refractivity contribution < 1.29 is 4.48 Å². The molecule has 2 N–H and O–H groups in total. The molecule has 156 valence electrons. The number of azo groups is 1. The average Bonchev–Trinajstić information content (AvgIpc) is 3.17. The Morgan fingerprint density at radius 1 is 1.10 bits per heavy atom. The maximum atomic E-state index is 4.51. The quantitative estimate of drug-likeness (QED) is 0.382.